The Kier molecular flexibility index (Phi) is 7.02. The van der Waals surface area contributed by atoms with Gasteiger partial charge in [0, 0.05) is 17.8 Å². The van der Waals surface area contributed by atoms with Gasteiger partial charge in [-0.15, -0.1) is 0 Å². The number of hydrogen-bond donors (Lipinski definition) is 1. The Hall–Kier alpha value is -3.92. The van der Waals surface area contributed by atoms with Crippen molar-refractivity contribution in [2.24, 2.45) is 0 Å². The number of benzene rings is 3. The second-order valence-corrected chi connectivity index (χ2v) is 9.63. The van der Waals surface area contributed by atoms with Gasteiger partial charge in [-0.3, -0.25) is 9.10 Å². The summed E-state index contributed by atoms with van der Waals surface area (Å²) in [5.41, 5.74) is 1.53. The SMILES string of the molecule is COc1ccc(OC)c(N(CC(=O)Nc2ccc3c(c2)OCCO3)S(=O)(=O)c2ccc(C)cc2)c1. The van der Waals surface area contributed by atoms with Crippen LogP contribution in [-0.4, -0.2) is 48.3 Å². The Labute approximate surface area is 204 Å². The summed E-state index contributed by atoms with van der Waals surface area (Å²) in [6.45, 7) is 2.21. The molecule has 3 aromatic carbocycles. The molecule has 0 fully saturated rings. The third kappa shape index (κ3) is 5.27. The topological polar surface area (TPSA) is 103 Å². The van der Waals surface area contributed by atoms with Crippen LogP contribution in [0.5, 0.6) is 23.0 Å². The smallest absolute Gasteiger partial charge is 0.264 e. The number of fused-ring (bicyclic) bond motifs is 1. The van der Waals surface area contributed by atoms with Gasteiger partial charge in [-0.1, -0.05) is 17.7 Å². The number of hydrogen-bond acceptors (Lipinski definition) is 7. The number of ether oxygens (including phenoxy) is 4. The Bertz CT molecular complexity index is 1320. The Morgan fingerprint density at radius 3 is 2.34 bits per heavy atom. The summed E-state index contributed by atoms with van der Waals surface area (Å²) in [7, 11) is -1.24. The minimum atomic E-state index is -4.14. The molecule has 1 amide bonds. The number of aryl methyl sites for hydroxylation is 1. The summed E-state index contributed by atoms with van der Waals surface area (Å²) in [6, 6.07) is 16.1. The number of carbonyl (C=O) groups is 1. The number of nitrogens with one attached hydrogen (secondary N) is 1. The van der Waals surface area contributed by atoms with Crippen LogP contribution >= 0.6 is 0 Å². The highest BCUT2D eigenvalue weighted by molar-refractivity contribution is 7.92. The fourth-order valence-electron chi connectivity index (χ4n) is 3.58. The molecule has 3 aromatic rings. The van der Waals surface area contributed by atoms with Gasteiger partial charge in [-0.25, -0.2) is 8.42 Å². The molecular weight excluding hydrogens is 472 g/mol. The molecule has 0 radical (unpaired) electrons. The summed E-state index contributed by atoms with van der Waals surface area (Å²) in [6.07, 6.45) is 0. The average Bonchev–Trinajstić information content (AvgIpc) is 2.87. The first-order chi connectivity index (χ1) is 16.8. The second-order valence-electron chi connectivity index (χ2n) is 7.77. The van der Waals surface area contributed by atoms with Crippen molar-refractivity contribution in [3.8, 4) is 23.0 Å². The molecule has 1 aliphatic heterocycles. The maximum Gasteiger partial charge on any atom is 0.264 e. The summed E-state index contributed by atoms with van der Waals surface area (Å²) in [4.78, 5) is 13.1. The van der Waals surface area contributed by atoms with E-state index in [1.165, 1.54) is 32.4 Å². The van der Waals surface area contributed by atoms with Crippen LogP contribution in [-0.2, 0) is 14.8 Å². The Morgan fingerprint density at radius 1 is 0.943 bits per heavy atom. The van der Waals surface area contributed by atoms with E-state index in [-0.39, 0.29) is 16.3 Å². The number of nitrogens with zero attached hydrogens (tertiary/aromatic N) is 1. The lowest BCUT2D eigenvalue weighted by molar-refractivity contribution is -0.114. The number of amides is 1. The van der Waals surface area contributed by atoms with Gasteiger partial charge in [0.15, 0.2) is 11.5 Å². The second kappa shape index (κ2) is 10.1. The molecule has 4 rings (SSSR count). The van der Waals surface area contributed by atoms with E-state index in [0.717, 1.165) is 9.87 Å². The molecule has 0 saturated carbocycles. The van der Waals surface area contributed by atoms with Gasteiger partial charge in [0.05, 0.1) is 24.8 Å². The lowest BCUT2D eigenvalue weighted by Crippen LogP contribution is -2.38. The van der Waals surface area contributed by atoms with Crippen molar-refractivity contribution in [1.82, 2.24) is 0 Å². The van der Waals surface area contributed by atoms with Crippen molar-refractivity contribution < 1.29 is 32.2 Å². The Morgan fingerprint density at radius 2 is 1.66 bits per heavy atom. The fourth-order valence-corrected chi connectivity index (χ4v) is 5.00. The van der Waals surface area contributed by atoms with Crippen LogP contribution in [0.2, 0.25) is 0 Å². The van der Waals surface area contributed by atoms with Crippen molar-refractivity contribution in [2.45, 2.75) is 11.8 Å². The molecule has 0 aromatic heterocycles. The average molecular weight is 499 g/mol. The van der Waals surface area contributed by atoms with Gasteiger partial charge in [-0.05, 0) is 43.3 Å². The number of anilines is 2. The largest absolute Gasteiger partial charge is 0.497 e. The highest BCUT2D eigenvalue weighted by atomic mass is 32.2. The van der Waals surface area contributed by atoms with E-state index in [1.807, 2.05) is 6.92 Å². The Balaban J connectivity index is 1.69. The van der Waals surface area contributed by atoms with E-state index in [9.17, 15) is 13.2 Å². The monoisotopic (exact) mass is 498 g/mol. The van der Waals surface area contributed by atoms with Crippen LogP contribution in [0.3, 0.4) is 0 Å². The zero-order chi connectivity index (χ0) is 25.0. The molecule has 0 aliphatic carbocycles. The van der Waals surface area contributed by atoms with Gasteiger partial charge in [0.2, 0.25) is 5.91 Å². The zero-order valence-corrected chi connectivity index (χ0v) is 20.4. The normalized spacial score (nSPS) is 12.5. The molecule has 184 valence electrons. The van der Waals surface area contributed by atoms with Crippen LogP contribution in [0.1, 0.15) is 5.56 Å². The molecule has 1 aliphatic rings. The highest BCUT2D eigenvalue weighted by Crippen LogP contribution is 2.36. The first-order valence-corrected chi connectivity index (χ1v) is 12.3. The van der Waals surface area contributed by atoms with E-state index < -0.39 is 22.5 Å². The third-order valence-electron chi connectivity index (χ3n) is 5.38. The van der Waals surface area contributed by atoms with Gasteiger partial charge in [-0.2, -0.15) is 0 Å². The lowest BCUT2D eigenvalue weighted by Gasteiger charge is -2.26. The fraction of sp³-hybridized carbons (Fsp3) is 0.240. The van der Waals surface area contributed by atoms with Crippen molar-refractivity contribution >= 4 is 27.3 Å². The standard InChI is InChI=1S/C25H26N2O7S/c1-17-4-8-20(9-5-17)35(29,30)27(21-15-19(31-2)7-11-22(21)32-3)16-25(28)26-18-6-10-23-24(14-18)34-13-12-33-23/h4-11,14-15H,12-13,16H2,1-3H3,(H,26,28). The maximum atomic E-state index is 13.7. The highest BCUT2D eigenvalue weighted by Gasteiger charge is 2.30. The van der Waals surface area contributed by atoms with E-state index in [4.69, 9.17) is 18.9 Å². The predicted molar refractivity (Wildman–Crippen MR) is 131 cm³/mol. The van der Waals surface area contributed by atoms with Crippen LogP contribution in [0, 0.1) is 6.92 Å². The summed E-state index contributed by atoms with van der Waals surface area (Å²) in [5.74, 6) is 1.22. The molecule has 0 saturated heterocycles. The van der Waals surface area contributed by atoms with Crippen molar-refractivity contribution in [3.05, 3.63) is 66.2 Å². The molecule has 0 bridgehead atoms. The lowest BCUT2D eigenvalue weighted by atomic mass is 10.2. The van der Waals surface area contributed by atoms with Crippen molar-refractivity contribution in [1.29, 1.82) is 0 Å². The summed E-state index contributed by atoms with van der Waals surface area (Å²) >= 11 is 0. The van der Waals surface area contributed by atoms with Gasteiger partial charge < -0.3 is 24.3 Å². The minimum absolute atomic E-state index is 0.0418. The van der Waals surface area contributed by atoms with E-state index in [2.05, 4.69) is 5.32 Å². The molecule has 0 spiro atoms. The number of carbonyl (C=O) groups excluding carboxylic acids is 1. The predicted octanol–water partition coefficient (Wildman–Crippen LogP) is 3.62. The van der Waals surface area contributed by atoms with Gasteiger partial charge in [0.25, 0.3) is 10.0 Å². The van der Waals surface area contributed by atoms with Gasteiger partial charge >= 0.3 is 0 Å². The minimum Gasteiger partial charge on any atom is -0.497 e. The van der Waals surface area contributed by atoms with Crippen LogP contribution < -0.4 is 28.6 Å². The third-order valence-corrected chi connectivity index (χ3v) is 7.15. The van der Waals surface area contributed by atoms with Crippen LogP contribution in [0.15, 0.2) is 65.6 Å². The van der Waals surface area contributed by atoms with Crippen molar-refractivity contribution in [3.63, 3.8) is 0 Å². The quantitative estimate of drug-likeness (QED) is 0.506. The summed E-state index contributed by atoms with van der Waals surface area (Å²) in [5, 5.41) is 2.74. The van der Waals surface area contributed by atoms with E-state index in [0.29, 0.717) is 36.1 Å². The van der Waals surface area contributed by atoms with E-state index >= 15 is 0 Å². The van der Waals surface area contributed by atoms with Crippen LogP contribution in [0.4, 0.5) is 11.4 Å². The maximum absolute atomic E-state index is 13.7. The molecule has 0 atom stereocenters. The molecular formula is C25H26N2O7S. The van der Waals surface area contributed by atoms with Crippen LogP contribution in [0.25, 0.3) is 0 Å². The zero-order valence-electron chi connectivity index (χ0n) is 19.6. The first kappa shape index (κ1) is 24.2. The number of sulfonamides is 1. The first-order valence-electron chi connectivity index (χ1n) is 10.8. The molecule has 9 nitrogen and oxygen atoms in total. The van der Waals surface area contributed by atoms with Gasteiger partial charge in [0.1, 0.15) is 31.3 Å². The van der Waals surface area contributed by atoms with Crippen molar-refractivity contribution in [2.75, 3.05) is 43.6 Å². The molecule has 1 heterocycles. The molecule has 0 unspecified atom stereocenters. The number of methoxy groups -OCH3 is 2. The molecule has 1 N–H and O–H groups in total. The molecule has 35 heavy (non-hydrogen) atoms. The number of rotatable bonds is 8. The summed E-state index contributed by atoms with van der Waals surface area (Å²) < 4.78 is 50.2. The van der Waals surface area contributed by atoms with E-state index in [1.54, 1.807) is 42.5 Å². The molecule has 10 heteroatoms.